The molecule has 0 aliphatic rings. The quantitative estimate of drug-likeness (QED) is 0.357. The maximum absolute atomic E-state index is 13.7. The first kappa shape index (κ1) is 26.8. The molecule has 6 nitrogen and oxygen atoms in total. The van der Waals surface area contributed by atoms with Crippen LogP contribution in [-0.4, -0.2) is 28.0 Å². The van der Waals surface area contributed by atoms with Crippen LogP contribution in [0.3, 0.4) is 0 Å². The van der Waals surface area contributed by atoms with Gasteiger partial charge in [-0.1, -0.05) is 48.4 Å². The first-order valence-corrected chi connectivity index (χ1v) is 13.6. The van der Waals surface area contributed by atoms with Crippen molar-refractivity contribution in [3.8, 4) is 5.75 Å². The van der Waals surface area contributed by atoms with Crippen molar-refractivity contribution < 1.29 is 17.9 Å². The molecule has 1 unspecified atom stereocenters. The molecular formula is C27H31BrN2O4S. The van der Waals surface area contributed by atoms with E-state index >= 15 is 0 Å². The lowest BCUT2D eigenvalue weighted by atomic mass is 9.97. The third-order valence-corrected chi connectivity index (χ3v) is 8.25. The van der Waals surface area contributed by atoms with E-state index < -0.39 is 10.0 Å². The number of halogens is 1. The lowest BCUT2D eigenvalue weighted by Gasteiger charge is -2.26. The summed E-state index contributed by atoms with van der Waals surface area (Å²) in [6, 6.07) is 17.5. The molecule has 0 saturated heterocycles. The summed E-state index contributed by atoms with van der Waals surface area (Å²) in [7, 11) is -2.53. The van der Waals surface area contributed by atoms with Crippen LogP contribution in [0.2, 0.25) is 0 Å². The fourth-order valence-electron chi connectivity index (χ4n) is 3.95. The number of nitrogens with one attached hydrogen (secondary N) is 1. The Morgan fingerprint density at radius 3 is 2.23 bits per heavy atom. The molecule has 0 spiro atoms. The SMILES string of the molecule is CCC(NC(=O)CN(c1ccc(C)cc1)S(=O)(=O)c1ccc(OC)c(Br)c1)c1ccc(C)cc1C. The molecule has 0 fully saturated rings. The number of nitrogens with zero attached hydrogens (tertiary/aromatic N) is 1. The van der Waals surface area contributed by atoms with Gasteiger partial charge in [-0.2, -0.15) is 0 Å². The van der Waals surface area contributed by atoms with Gasteiger partial charge in [-0.05, 0) is 84.6 Å². The average molecular weight is 560 g/mol. The van der Waals surface area contributed by atoms with E-state index in [0.29, 0.717) is 22.3 Å². The molecule has 0 radical (unpaired) electrons. The Morgan fingerprint density at radius 1 is 1.00 bits per heavy atom. The van der Waals surface area contributed by atoms with E-state index in [-0.39, 0.29) is 23.4 Å². The maximum atomic E-state index is 13.7. The second kappa shape index (κ2) is 11.3. The third kappa shape index (κ3) is 6.24. The van der Waals surface area contributed by atoms with E-state index in [1.807, 2.05) is 52.0 Å². The van der Waals surface area contributed by atoms with E-state index in [1.165, 1.54) is 19.2 Å². The highest BCUT2D eigenvalue weighted by Crippen LogP contribution is 2.31. The fourth-order valence-corrected chi connectivity index (χ4v) is 6.09. The number of carbonyl (C=O) groups is 1. The van der Waals surface area contributed by atoms with Crippen LogP contribution in [0.25, 0.3) is 0 Å². The number of benzene rings is 3. The van der Waals surface area contributed by atoms with Crippen molar-refractivity contribution >= 4 is 37.5 Å². The minimum absolute atomic E-state index is 0.0555. The predicted octanol–water partition coefficient (Wildman–Crippen LogP) is 5.85. The van der Waals surface area contributed by atoms with Gasteiger partial charge in [-0.25, -0.2) is 8.42 Å². The number of ether oxygens (including phenoxy) is 1. The van der Waals surface area contributed by atoms with Crippen molar-refractivity contribution in [1.29, 1.82) is 0 Å². The second-order valence-electron chi connectivity index (χ2n) is 8.53. The van der Waals surface area contributed by atoms with E-state index in [9.17, 15) is 13.2 Å². The Hall–Kier alpha value is -2.84. The first-order valence-electron chi connectivity index (χ1n) is 11.4. The minimum atomic E-state index is -4.04. The number of rotatable bonds is 9. The minimum Gasteiger partial charge on any atom is -0.496 e. The topological polar surface area (TPSA) is 75.7 Å². The molecule has 0 aliphatic heterocycles. The molecule has 3 aromatic rings. The van der Waals surface area contributed by atoms with Crippen molar-refractivity contribution in [3.05, 3.63) is 87.4 Å². The molecule has 1 N–H and O–H groups in total. The van der Waals surface area contributed by atoms with Crippen LogP contribution in [0.4, 0.5) is 5.69 Å². The number of carbonyl (C=O) groups excluding carboxylic acids is 1. The molecule has 0 aromatic heterocycles. The van der Waals surface area contributed by atoms with Crippen molar-refractivity contribution in [2.75, 3.05) is 18.0 Å². The summed E-state index contributed by atoms with van der Waals surface area (Å²) in [5.41, 5.74) is 4.66. The summed E-state index contributed by atoms with van der Waals surface area (Å²) < 4.78 is 34.3. The Kier molecular flexibility index (Phi) is 8.61. The van der Waals surface area contributed by atoms with Crippen LogP contribution in [0, 0.1) is 20.8 Å². The largest absolute Gasteiger partial charge is 0.496 e. The van der Waals surface area contributed by atoms with Gasteiger partial charge >= 0.3 is 0 Å². The third-order valence-electron chi connectivity index (χ3n) is 5.86. The molecule has 0 aliphatic carbocycles. The molecule has 35 heavy (non-hydrogen) atoms. The maximum Gasteiger partial charge on any atom is 0.264 e. The first-order chi connectivity index (χ1) is 16.6. The smallest absolute Gasteiger partial charge is 0.264 e. The standard InChI is InChI=1S/C27H31BrN2O4S/c1-6-25(23-13-9-19(3)15-20(23)4)29-27(31)17-30(21-10-7-18(2)8-11-21)35(32,33)22-12-14-26(34-5)24(28)16-22/h7-16,25H,6,17H2,1-5H3,(H,29,31). The number of hydrogen-bond donors (Lipinski definition) is 1. The summed E-state index contributed by atoms with van der Waals surface area (Å²) in [6.45, 7) is 7.61. The van der Waals surface area contributed by atoms with Crippen LogP contribution < -0.4 is 14.4 Å². The van der Waals surface area contributed by atoms with Crippen molar-refractivity contribution in [1.82, 2.24) is 5.32 Å². The van der Waals surface area contributed by atoms with Gasteiger partial charge in [0.1, 0.15) is 12.3 Å². The number of aryl methyl sites for hydroxylation is 3. The van der Waals surface area contributed by atoms with Gasteiger partial charge in [-0.15, -0.1) is 0 Å². The lowest BCUT2D eigenvalue weighted by Crippen LogP contribution is -2.42. The number of methoxy groups -OCH3 is 1. The van der Waals surface area contributed by atoms with Gasteiger partial charge in [0.25, 0.3) is 10.0 Å². The number of sulfonamides is 1. The van der Waals surface area contributed by atoms with Gasteiger partial charge in [0, 0.05) is 0 Å². The predicted molar refractivity (Wildman–Crippen MR) is 143 cm³/mol. The normalized spacial score (nSPS) is 12.2. The van der Waals surface area contributed by atoms with Crippen LogP contribution in [0.15, 0.2) is 70.0 Å². The van der Waals surface area contributed by atoms with Crippen molar-refractivity contribution in [2.45, 2.75) is 45.1 Å². The van der Waals surface area contributed by atoms with Crippen LogP contribution in [-0.2, 0) is 14.8 Å². The van der Waals surface area contributed by atoms with Gasteiger partial charge in [0.05, 0.1) is 28.2 Å². The highest BCUT2D eigenvalue weighted by Gasteiger charge is 2.29. The molecule has 3 aromatic carbocycles. The summed E-state index contributed by atoms with van der Waals surface area (Å²) in [6.07, 6.45) is 0.679. The van der Waals surface area contributed by atoms with Crippen LogP contribution >= 0.6 is 15.9 Å². The van der Waals surface area contributed by atoms with Crippen LogP contribution in [0.1, 0.15) is 41.6 Å². The molecule has 0 bridgehead atoms. The Morgan fingerprint density at radius 2 is 1.66 bits per heavy atom. The number of anilines is 1. The van der Waals surface area contributed by atoms with Gasteiger partial charge in [0.2, 0.25) is 5.91 Å². The number of hydrogen-bond acceptors (Lipinski definition) is 4. The summed E-state index contributed by atoms with van der Waals surface area (Å²) in [5.74, 6) is 0.136. The lowest BCUT2D eigenvalue weighted by molar-refractivity contribution is -0.120. The summed E-state index contributed by atoms with van der Waals surface area (Å²) in [4.78, 5) is 13.3. The van der Waals surface area contributed by atoms with Crippen LogP contribution in [0.5, 0.6) is 5.75 Å². The second-order valence-corrected chi connectivity index (χ2v) is 11.2. The molecule has 3 rings (SSSR count). The monoisotopic (exact) mass is 558 g/mol. The molecule has 1 atom stereocenters. The Labute approximate surface area is 216 Å². The van der Waals surface area contributed by atoms with Gasteiger partial charge < -0.3 is 10.1 Å². The highest BCUT2D eigenvalue weighted by molar-refractivity contribution is 9.10. The fraction of sp³-hybridized carbons (Fsp3) is 0.296. The molecule has 0 saturated carbocycles. The molecular weight excluding hydrogens is 528 g/mol. The van der Waals surface area contributed by atoms with E-state index in [4.69, 9.17) is 4.74 Å². The van der Waals surface area contributed by atoms with E-state index in [1.54, 1.807) is 18.2 Å². The van der Waals surface area contributed by atoms with Gasteiger partial charge in [0.15, 0.2) is 0 Å². The molecule has 1 amide bonds. The zero-order valence-corrected chi connectivity index (χ0v) is 23.0. The number of amides is 1. The van der Waals surface area contributed by atoms with Gasteiger partial charge in [-0.3, -0.25) is 9.10 Å². The average Bonchev–Trinajstić information content (AvgIpc) is 2.82. The zero-order valence-electron chi connectivity index (χ0n) is 20.6. The van der Waals surface area contributed by atoms with Crippen molar-refractivity contribution in [3.63, 3.8) is 0 Å². The highest BCUT2D eigenvalue weighted by atomic mass is 79.9. The molecule has 8 heteroatoms. The molecule has 0 heterocycles. The van der Waals surface area contributed by atoms with Crippen molar-refractivity contribution in [2.24, 2.45) is 0 Å². The summed E-state index contributed by atoms with van der Waals surface area (Å²) in [5, 5.41) is 3.03. The molecule has 186 valence electrons. The Balaban J connectivity index is 1.95. The zero-order chi connectivity index (χ0) is 25.8. The van der Waals surface area contributed by atoms with E-state index in [2.05, 4.69) is 27.3 Å². The Bertz CT molecular complexity index is 1310. The summed E-state index contributed by atoms with van der Waals surface area (Å²) >= 11 is 3.36. The van der Waals surface area contributed by atoms with E-state index in [0.717, 1.165) is 26.6 Å².